The standard InChI is InChI=1S/C22H22F3N5O2/c1-3-13(21(31)28-32)10-26-20(4-2)30-12-17-18(30)11-29(17)16-9-19(22(23,24)25)27-15-8-6-5-7-14(15)16/h3,5-10,17-18,32H,1,4,11-12H2,2H3,(H,28,31)/b13-10+,26-20?. The summed E-state index contributed by atoms with van der Waals surface area (Å²) < 4.78 is 40.1. The number of hydrogen-bond donors (Lipinski definition) is 2. The molecule has 1 amide bonds. The van der Waals surface area contributed by atoms with Crippen molar-refractivity contribution in [2.24, 2.45) is 4.99 Å². The molecule has 0 bridgehead atoms. The third-order valence-electron chi connectivity index (χ3n) is 5.89. The minimum atomic E-state index is -4.52. The molecule has 10 heteroatoms. The highest BCUT2D eigenvalue weighted by atomic mass is 19.4. The first-order valence-electron chi connectivity index (χ1n) is 10.1. The van der Waals surface area contributed by atoms with Crippen LogP contribution in [0.2, 0.25) is 0 Å². The van der Waals surface area contributed by atoms with Crippen LogP contribution in [0.15, 0.2) is 59.8 Å². The molecular formula is C22H22F3N5O2. The molecule has 2 fully saturated rings. The summed E-state index contributed by atoms with van der Waals surface area (Å²) in [7, 11) is 0. The maximum atomic E-state index is 13.4. The molecule has 0 saturated carbocycles. The van der Waals surface area contributed by atoms with Crippen LogP contribution < -0.4 is 10.4 Å². The van der Waals surface area contributed by atoms with Crippen molar-refractivity contribution in [1.29, 1.82) is 0 Å². The summed E-state index contributed by atoms with van der Waals surface area (Å²) in [5.41, 5.74) is 1.62. The second-order valence-corrected chi connectivity index (χ2v) is 7.61. The third kappa shape index (κ3) is 3.70. The lowest BCUT2D eigenvalue weighted by atomic mass is 9.84. The van der Waals surface area contributed by atoms with Gasteiger partial charge in [-0.2, -0.15) is 13.2 Å². The molecule has 0 radical (unpaired) electrons. The number of carbonyl (C=O) groups excluding carboxylic acids is 1. The number of aliphatic imine (C=N–C) groups is 1. The van der Waals surface area contributed by atoms with Crippen LogP contribution >= 0.6 is 0 Å². The Bertz CT molecular complexity index is 1130. The number of likely N-dealkylation sites (tertiary alicyclic amines) is 1. The number of benzene rings is 1. The van der Waals surface area contributed by atoms with Gasteiger partial charge in [-0.15, -0.1) is 0 Å². The Hall–Kier alpha value is -3.40. The number of hydroxylamine groups is 1. The Labute approximate surface area is 182 Å². The van der Waals surface area contributed by atoms with Gasteiger partial charge in [0.1, 0.15) is 11.5 Å². The van der Waals surface area contributed by atoms with Crippen LogP contribution in [-0.4, -0.2) is 52.0 Å². The number of amidine groups is 1. The zero-order valence-electron chi connectivity index (χ0n) is 17.3. The van der Waals surface area contributed by atoms with Crippen molar-refractivity contribution in [3.05, 3.63) is 60.5 Å². The van der Waals surface area contributed by atoms with Crippen LogP contribution in [0.3, 0.4) is 0 Å². The number of carbonyl (C=O) groups is 1. The summed E-state index contributed by atoms with van der Waals surface area (Å²) in [5.74, 6) is 0.0482. The lowest BCUT2D eigenvalue weighted by molar-refractivity contribution is -0.141. The van der Waals surface area contributed by atoms with Crippen LogP contribution in [0.5, 0.6) is 0 Å². The Morgan fingerprint density at radius 2 is 2.09 bits per heavy atom. The van der Waals surface area contributed by atoms with E-state index in [1.54, 1.807) is 29.7 Å². The number of pyridine rings is 1. The topological polar surface area (TPSA) is 81.1 Å². The molecular weight excluding hydrogens is 423 g/mol. The number of para-hydroxylation sites is 1. The molecule has 2 unspecified atom stereocenters. The largest absolute Gasteiger partial charge is 0.433 e. The molecule has 2 atom stereocenters. The molecule has 1 aromatic carbocycles. The Balaban J connectivity index is 1.56. The number of nitrogens with one attached hydrogen (secondary N) is 1. The molecule has 0 aliphatic carbocycles. The SMILES string of the molecule is C=C/C(=C\N=C(CC)N1CC2C1CN2c1cc(C(F)(F)F)nc2ccccc12)C(=O)NO. The van der Waals surface area contributed by atoms with Crippen molar-refractivity contribution in [2.75, 3.05) is 18.0 Å². The van der Waals surface area contributed by atoms with Crippen molar-refractivity contribution < 1.29 is 23.2 Å². The fraction of sp³-hybridized carbons (Fsp3) is 0.318. The molecule has 4 rings (SSSR count). The Morgan fingerprint density at radius 1 is 1.34 bits per heavy atom. The van der Waals surface area contributed by atoms with Crippen molar-refractivity contribution in [2.45, 2.75) is 31.6 Å². The summed E-state index contributed by atoms with van der Waals surface area (Å²) >= 11 is 0. The van der Waals surface area contributed by atoms with E-state index in [4.69, 9.17) is 5.21 Å². The van der Waals surface area contributed by atoms with Crippen molar-refractivity contribution in [3.63, 3.8) is 0 Å². The second kappa shape index (κ2) is 8.27. The minimum absolute atomic E-state index is 0.0715. The number of anilines is 1. The number of fused-ring (bicyclic) bond motifs is 2. The summed E-state index contributed by atoms with van der Waals surface area (Å²) in [6, 6.07) is 8.17. The molecule has 2 aliphatic rings. The van der Waals surface area contributed by atoms with Crippen molar-refractivity contribution in [3.8, 4) is 0 Å². The van der Waals surface area contributed by atoms with E-state index >= 15 is 0 Å². The maximum Gasteiger partial charge on any atom is 0.433 e. The van der Waals surface area contributed by atoms with E-state index in [-0.39, 0.29) is 17.7 Å². The highest BCUT2D eigenvalue weighted by Gasteiger charge is 2.53. The lowest BCUT2D eigenvalue weighted by Crippen LogP contribution is -2.80. The number of alkyl halides is 3. The van der Waals surface area contributed by atoms with Gasteiger partial charge >= 0.3 is 6.18 Å². The first kappa shape index (κ1) is 21.8. The lowest BCUT2D eigenvalue weighted by Gasteiger charge is -2.63. The second-order valence-electron chi connectivity index (χ2n) is 7.61. The average Bonchev–Trinajstić information content (AvgIpc) is 2.77. The summed E-state index contributed by atoms with van der Waals surface area (Å²) in [6.45, 7) is 6.63. The molecule has 7 nitrogen and oxygen atoms in total. The van der Waals surface area contributed by atoms with Crippen LogP contribution in [-0.2, 0) is 11.0 Å². The maximum absolute atomic E-state index is 13.4. The smallest absolute Gasteiger partial charge is 0.362 e. The summed E-state index contributed by atoms with van der Waals surface area (Å²) in [4.78, 5) is 23.8. The van der Waals surface area contributed by atoms with E-state index < -0.39 is 17.8 Å². The van der Waals surface area contributed by atoms with E-state index in [1.807, 2.05) is 11.8 Å². The first-order chi connectivity index (χ1) is 15.3. The minimum Gasteiger partial charge on any atom is -0.362 e. The van der Waals surface area contributed by atoms with Gasteiger partial charge in [0, 0.05) is 36.8 Å². The van der Waals surface area contributed by atoms with E-state index in [1.165, 1.54) is 12.3 Å². The monoisotopic (exact) mass is 445 g/mol. The van der Waals surface area contributed by atoms with Gasteiger partial charge in [0.05, 0.1) is 23.2 Å². The highest BCUT2D eigenvalue weighted by Crippen LogP contribution is 2.42. The van der Waals surface area contributed by atoms with Crippen LogP contribution in [0.1, 0.15) is 19.0 Å². The van der Waals surface area contributed by atoms with Crippen molar-refractivity contribution >= 4 is 28.3 Å². The highest BCUT2D eigenvalue weighted by molar-refractivity contribution is 5.96. The quantitative estimate of drug-likeness (QED) is 0.184. The number of piperazine rings is 1. The molecule has 2 saturated heterocycles. The van der Waals surface area contributed by atoms with Gasteiger partial charge in [-0.05, 0) is 12.1 Å². The molecule has 3 heterocycles. The van der Waals surface area contributed by atoms with Crippen LogP contribution in [0.4, 0.5) is 18.9 Å². The fourth-order valence-electron chi connectivity index (χ4n) is 4.15. The third-order valence-corrected chi connectivity index (χ3v) is 5.89. The summed E-state index contributed by atoms with van der Waals surface area (Å²) in [5, 5.41) is 9.46. The zero-order valence-corrected chi connectivity index (χ0v) is 17.3. The molecule has 2 aromatic rings. The summed E-state index contributed by atoms with van der Waals surface area (Å²) in [6.07, 6.45) is -1.28. The number of amides is 1. The predicted octanol–water partition coefficient (Wildman–Crippen LogP) is 3.51. The normalized spacial score (nSPS) is 21.0. The first-order valence-corrected chi connectivity index (χ1v) is 10.1. The molecule has 2 aliphatic heterocycles. The number of halogens is 3. The number of aromatic nitrogens is 1. The number of rotatable bonds is 5. The number of nitrogens with zero attached hydrogens (tertiary/aromatic N) is 4. The van der Waals surface area contributed by atoms with E-state index in [0.717, 1.165) is 11.9 Å². The van der Waals surface area contributed by atoms with Gasteiger partial charge in [0.2, 0.25) is 0 Å². The van der Waals surface area contributed by atoms with E-state index in [2.05, 4.69) is 21.5 Å². The van der Waals surface area contributed by atoms with Gasteiger partial charge in [-0.1, -0.05) is 37.8 Å². The van der Waals surface area contributed by atoms with Gasteiger partial charge in [0.15, 0.2) is 0 Å². The fourth-order valence-corrected chi connectivity index (χ4v) is 4.15. The van der Waals surface area contributed by atoms with Gasteiger partial charge in [0.25, 0.3) is 5.91 Å². The number of hydrogen-bond acceptors (Lipinski definition) is 5. The molecule has 168 valence electrons. The molecule has 0 spiro atoms. The van der Waals surface area contributed by atoms with Gasteiger partial charge in [-0.3, -0.25) is 10.0 Å². The van der Waals surface area contributed by atoms with Gasteiger partial charge < -0.3 is 9.80 Å². The Morgan fingerprint density at radius 3 is 2.69 bits per heavy atom. The van der Waals surface area contributed by atoms with Crippen LogP contribution in [0.25, 0.3) is 10.9 Å². The molecule has 32 heavy (non-hydrogen) atoms. The molecule has 1 aromatic heterocycles. The van der Waals surface area contributed by atoms with E-state index in [9.17, 15) is 18.0 Å². The predicted molar refractivity (Wildman–Crippen MR) is 114 cm³/mol. The zero-order chi connectivity index (χ0) is 23.0. The Kier molecular flexibility index (Phi) is 5.64. The average molecular weight is 445 g/mol. The van der Waals surface area contributed by atoms with Crippen LogP contribution in [0, 0.1) is 0 Å². The molecule has 2 N–H and O–H groups in total. The van der Waals surface area contributed by atoms with E-state index in [0.29, 0.717) is 36.1 Å². The van der Waals surface area contributed by atoms with Crippen molar-refractivity contribution in [1.82, 2.24) is 15.4 Å². The van der Waals surface area contributed by atoms with Gasteiger partial charge in [-0.25, -0.2) is 15.5 Å².